The first-order chi connectivity index (χ1) is 17.4. The zero-order valence-electron chi connectivity index (χ0n) is 20.4. The van der Waals surface area contributed by atoms with Gasteiger partial charge in [-0.05, 0) is 55.5 Å². The van der Waals surface area contributed by atoms with Gasteiger partial charge in [-0.2, -0.15) is 0 Å². The highest BCUT2D eigenvalue weighted by Crippen LogP contribution is 2.39. The molecule has 0 bridgehead atoms. The van der Waals surface area contributed by atoms with Crippen LogP contribution in [0, 0.1) is 0 Å². The van der Waals surface area contributed by atoms with Crippen molar-refractivity contribution in [1.29, 1.82) is 0 Å². The van der Waals surface area contributed by atoms with Crippen LogP contribution in [0.15, 0.2) is 60.7 Å². The maximum Gasteiger partial charge on any atom is 0.263 e. The van der Waals surface area contributed by atoms with E-state index in [4.69, 9.17) is 18.9 Å². The summed E-state index contributed by atoms with van der Waals surface area (Å²) >= 11 is 0. The first-order valence-corrected chi connectivity index (χ1v) is 11.2. The number of ether oxygens (including phenoxy) is 4. The molecule has 3 amide bonds. The highest BCUT2D eigenvalue weighted by atomic mass is 16.5. The van der Waals surface area contributed by atoms with E-state index in [2.05, 4.69) is 0 Å². The molecule has 4 rings (SSSR count). The van der Waals surface area contributed by atoms with Gasteiger partial charge in [-0.1, -0.05) is 12.1 Å². The van der Waals surface area contributed by atoms with Crippen LogP contribution in [0.5, 0.6) is 23.0 Å². The van der Waals surface area contributed by atoms with E-state index in [0.717, 1.165) is 4.90 Å². The van der Waals surface area contributed by atoms with Gasteiger partial charge >= 0.3 is 0 Å². The van der Waals surface area contributed by atoms with Crippen LogP contribution in [-0.4, -0.2) is 57.2 Å². The number of imide groups is 1. The summed E-state index contributed by atoms with van der Waals surface area (Å²) in [5.74, 6) is 0.148. The van der Waals surface area contributed by atoms with Crippen LogP contribution in [0.1, 0.15) is 38.0 Å². The second kappa shape index (κ2) is 10.4. The third-order valence-electron chi connectivity index (χ3n) is 5.78. The van der Waals surface area contributed by atoms with E-state index in [1.165, 1.54) is 38.4 Å². The molecule has 0 spiro atoms. The molecule has 186 valence electrons. The lowest BCUT2D eigenvalue weighted by molar-refractivity contribution is 0.0650. The molecule has 0 radical (unpaired) electrons. The Morgan fingerprint density at radius 2 is 1.39 bits per heavy atom. The van der Waals surface area contributed by atoms with Crippen molar-refractivity contribution in [3.05, 3.63) is 77.4 Å². The van der Waals surface area contributed by atoms with Gasteiger partial charge in [0, 0.05) is 11.3 Å². The minimum Gasteiger partial charge on any atom is -0.494 e. The average molecular weight is 491 g/mol. The van der Waals surface area contributed by atoms with Gasteiger partial charge in [0.15, 0.2) is 11.5 Å². The number of rotatable bonds is 9. The van der Waals surface area contributed by atoms with Crippen molar-refractivity contribution >= 4 is 23.4 Å². The summed E-state index contributed by atoms with van der Waals surface area (Å²) in [6, 6.07) is 16.4. The Kier molecular flexibility index (Phi) is 7.10. The van der Waals surface area contributed by atoms with Crippen molar-refractivity contribution in [3.63, 3.8) is 0 Å². The number of fused-ring (bicyclic) bond motifs is 1. The van der Waals surface area contributed by atoms with Gasteiger partial charge in [0.2, 0.25) is 5.75 Å². The van der Waals surface area contributed by atoms with Crippen LogP contribution in [0.3, 0.4) is 0 Å². The van der Waals surface area contributed by atoms with Gasteiger partial charge in [0.25, 0.3) is 17.7 Å². The first kappa shape index (κ1) is 24.6. The second-order valence-corrected chi connectivity index (χ2v) is 7.80. The fourth-order valence-electron chi connectivity index (χ4n) is 4.02. The summed E-state index contributed by atoms with van der Waals surface area (Å²) in [5, 5.41) is 0. The zero-order chi connectivity index (χ0) is 25.8. The van der Waals surface area contributed by atoms with Crippen LogP contribution >= 0.6 is 0 Å². The molecule has 0 N–H and O–H groups in total. The third-order valence-corrected chi connectivity index (χ3v) is 5.78. The number of amides is 3. The molecule has 0 unspecified atom stereocenters. The molecule has 0 saturated heterocycles. The van der Waals surface area contributed by atoms with Gasteiger partial charge in [0.05, 0.1) is 39.1 Å². The third kappa shape index (κ3) is 4.43. The molecule has 36 heavy (non-hydrogen) atoms. The lowest BCUT2D eigenvalue weighted by Gasteiger charge is -2.28. The molecule has 3 aromatic carbocycles. The maximum absolute atomic E-state index is 13.9. The molecule has 0 aliphatic carbocycles. The summed E-state index contributed by atoms with van der Waals surface area (Å²) < 4.78 is 21.7. The molecule has 9 nitrogen and oxygen atoms in total. The number of anilines is 1. The normalized spacial score (nSPS) is 12.3. The summed E-state index contributed by atoms with van der Waals surface area (Å²) in [6.45, 7) is 2.06. The summed E-state index contributed by atoms with van der Waals surface area (Å²) in [4.78, 5) is 42.4. The summed E-state index contributed by atoms with van der Waals surface area (Å²) in [6.07, 6.45) is 0. The predicted octanol–water partition coefficient (Wildman–Crippen LogP) is 4.01. The van der Waals surface area contributed by atoms with E-state index >= 15 is 0 Å². The number of benzene rings is 3. The molecule has 3 aromatic rings. The van der Waals surface area contributed by atoms with E-state index < -0.39 is 17.7 Å². The number of nitrogens with zero attached hydrogens (tertiary/aromatic N) is 2. The largest absolute Gasteiger partial charge is 0.494 e. The number of carbonyl (C=O) groups is 3. The fourth-order valence-corrected chi connectivity index (χ4v) is 4.02. The van der Waals surface area contributed by atoms with Gasteiger partial charge < -0.3 is 18.9 Å². The molecule has 9 heteroatoms. The van der Waals surface area contributed by atoms with Gasteiger partial charge in [-0.15, -0.1) is 0 Å². The van der Waals surface area contributed by atoms with E-state index in [9.17, 15) is 14.4 Å². The Balaban J connectivity index is 1.76. The lowest BCUT2D eigenvalue weighted by Crippen LogP contribution is -2.44. The Morgan fingerprint density at radius 1 is 0.833 bits per heavy atom. The van der Waals surface area contributed by atoms with Crippen molar-refractivity contribution < 1.29 is 33.3 Å². The highest BCUT2D eigenvalue weighted by molar-refractivity contribution is 6.22. The molecule has 0 aromatic heterocycles. The first-order valence-electron chi connectivity index (χ1n) is 11.2. The minimum atomic E-state index is -0.477. The summed E-state index contributed by atoms with van der Waals surface area (Å²) in [7, 11) is 4.37. The molecule has 1 heterocycles. The zero-order valence-corrected chi connectivity index (χ0v) is 20.4. The standard InChI is InChI=1S/C27H26N2O7/c1-5-36-19-12-10-18(11-13-19)28(16-29-26(31)20-8-6-7-9-21(20)27(29)32)25(30)17-14-22(33-2)24(35-4)23(15-17)34-3/h6-15H,5,16H2,1-4H3. The van der Waals surface area contributed by atoms with Crippen LogP contribution in [0.2, 0.25) is 0 Å². The van der Waals surface area contributed by atoms with Crippen molar-refractivity contribution in [2.45, 2.75) is 6.92 Å². The van der Waals surface area contributed by atoms with E-state index in [-0.39, 0.29) is 12.2 Å². The van der Waals surface area contributed by atoms with Gasteiger partial charge in [-0.25, -0.2) is 0 Å². The average Bonchev–Trinajstić information content (AvgIpc) is 3.15. The van der Waals surface area contributed by atoms with Crippen LogP contribution in [0.25, 0.3) is 0 Å². The van der Waals surface area contributed by atoms with Crippen LogP contribution in [0.4, 0.5) is 5.69 Å². The van der Waals surface area contributed by atoms with E-state index in [1.54, 1.807) is 48.5 Å². The summed E-state index contributed by atoms with van der Waals surface area (Å²) in [5.41, 5.74) is 1.28. The van der Waals surface area contributed by atoms with Crippen molar-refractivity contribution in [1.82, 2.24) is 4.90 Å². The quantitative estimate of drug-likeness (QED) is 0.418. The number of carbonyl (C=O) groups excluding carboxylic acids is 3. The number of methoxy groups -OCH3 is 3. The molecule has 0 atom stereocenters. The van der Waals surface area contributed by atoms with Crippen molar-refractivity contribution in [3.8, 4) is 23.0 Å². The predicted molar refractivity (Wildman–Crippen MR) is 132 cm³/mol. The Morgan fingerprint density at radius 3 is 1.86 bits per heavy atom. The second-order valence-electron chi connectivity index (χ2n) is 7.80. The van der Waals surface area contributed by atoms with Gasteiger partial charge in [0.1, 0.15) is 12.4 Å². The Labute approximate surface area is 208 Å². The van der Waals surface area contributed by atoms with E-state index in [1.807, 2.05) is 6.92 Å². The molecular formula is C27H26N2O7. The van der Waals surface area contributed by atoms with Gasteiger partial charge in [-0.3, -0.25) is 24.2 Å². The Bertz CT molecular complexity index is 1240. The SMILES string of the molecule is CCOc1ccc(N(CN2C(=O)c3ccccc3C2=O)C(=O)c2cc(OC)c(OC)c(OC)c2)cc1. The molecule has 1 aliphatic heterocycles. The molecule has 1 aliphatic rings. The van der Waals surface area contributed by atoms with Crippen molar-refractivity contribution in [2.75, 3.05) is 39.5 Å². The monoisotopic (exact) mass is 490 g/mol. The molecular weight excluding hydrogens is 464 g/mol. The van der Waals surface area contributed by atoms with Crippen molar-refractivity contribution in [2.24, 2.45) is 0 Å². The topological polar surface area (TPSA) is 94.6 Å². The number of hydrogen-bond acceptors (Lipinski definition) is 7. The number of hydrogen-bond donors (Lipinski definition) is 0. The minimum absolute atomic E-state index is 0.218. The van der Waals surface area contributed by atoms with Crippen LogP contribution < -0.4 is 23.8 Å². The molecule has 0 fully saturated rings. The Hall–Kier alpha value is -4.53. The lowest BCUT2D eigenvalue weighted by atomic mass is 10.1. The maximum atomic E-state index is 13.9. The highest BCUT2D eigenvalue weighted by Gasteiger charge is 2.37. The fraction of sp³-hybridized carbons (Fsp3) is 0.222. The van der Waals surface area contributed by atoms with E-state index in [0.29, 0.717) is 46.4 Å². The molecule has 0 saturated carbocycles. The smallest absolute Gasteiger partial charge is 0.263 e. The van der Waals surface area contributed by atoms with Crippen LogP contribution in [-0.2, 0) is 0 Å².